The third kappa shape index (κ3) is 2.30. The largest absolute Gasteiger partial charge is 0.496 e. The summed E-state index contributed by atoms with van der Waals surface area (Å²) in [6.45, 7) is 0. The van der Waals surface area contributed by atoms with Gasteiger partial charge in [0.2, 0.25) is 0 Å². The van der Waals surface area contributed by atoms with Crippen molar-refractivity contribution in [2.75, 3.05) is 19.5 Å². The molecule has 1 aromatic carbocycles. The lowest BCUT2D eigenvalue weighted by molar-refractivity contribution is 0.102. The Kier molecular flexibility index (Phi) is 3.57. The molecule has 3 aromatic rings. The molecule has 0 radical (unpaired) electrons. The number of aromatic nitrogens is 4. The van der Waals surface area contributed by atoms with Gasteiger partial charge in [0, 0.05) is 0 Å². The smallest absolute Gasteiger partial charge is 0.264 e. The predicted molar refractivity (Wildman–Crippen MR) is 79.2 cm³/mol. The Morgan fingerprint density at radius 1 is 1.14 bits per heavy atom. The molecule has 0 unspecified atom stereocenters. The summed E-state index contributed by atoms with van der Waals surface area (Å²) in [6.07, 6.45) is 2.82. The lowest BCUT2D eigenvalue weighted by Gasteiger charge is -2.12. The van der Waals surface area contributed by atoms with Gasteiger partial charge in [0.15, 0.2) is 11.5 Å². The number of nitrogens with zero attached hydrogens (tertiary/aromatic N) is 3. The van der Waals surface area contributed by atoms with Crippen molar-refractivity contribution in [2.24, 2.45) is 0 Å². The third-order valence-electron chi connectivity index (χ3n) is 3.11. The number of carbonyl (C=O) groups excluding carboxylic acids is 1. The number of rotatable bonds is 4. The van der Waals surface area contributed by atoms with Gasteiger partial charge in [-0.15, -0.1) is 0 Å². The van der Waals surface area contributed by atoms with Crippen LogP contribution in [0.4, 0.5) is 5.82 Å². The molecule has 2 aromatic heterocycles. The van der Waals surface area contributed by atoms with E-state index >= 15 is 0 Å². The molecule has 2 N–H and O–H groups in total. The maximum atomic E-state index is 12.6. The number of amides is 1. The zero-order valence-corrected chi connectivity index (χ0v) is 12.0. The molecule has 0 aliphatic carbocycles. The second-order valence-corrected chi connectivity index (χ2v) is 4.32. The van der Waals surface area contributed by atoms with E-state index in [1.165, 1.54) is 26.9 Å². The lowest BCUT2D eigenvalue weighted by atomic mass is 10.1. The fraction of sp³-hybridized carbons (Fsp3) is 0.143. The zero-order valence-electron chi connectivity index (χ0n) is 12.0. The number of hydrogen-bond donors (Lipinski definition) is 2. The average molecular weight is 299 g/mol. The van der Waals surface area contributed by atoms with Crippen molar-refractivity contribution in [1.29, 1.82) is 0 Å². The van der Waals surface area contributed by atoms with Crippen LogP contribution in [-0.4, -0.2) is 40.1 Å². The van der Waals surface area contributed by atoms with Crippen LogP contribution in [0.3, 0.4) is 0 Å². The van der Waals surface area contributed by atoms with Gasteiger partial charge in [0.1, 0.15) is 28.9 Å². The summed E-state index contributed by atoms with van der Waals surface area (Å²) in [7, 11) is 2.98. The van der Waals surface area contributed by atoms with E-state index in [1.807, 2.05) is 0 Å². The topological polar surface area (TPSA) is 102 Å². The summed E-state index contributed by atoms with van der Waals surface area (Å²) < 4.78 is 10.5. The molecule has 22 heavy (non-hydrogen) atoms. The van der Waals surface area contributed by atoms with Gasteiger partial charge in [-0.2, -0.15) is 0 Å². The number of nitrogens with one attached hydrogen (secondary N) is 2. The van der Waals surface area contributed by atoms with E-state index in [9.17, 15) is 4.79 Å². The first-order valence-electron chi connectivity index (χ1n) is 6.41. The number of ether oxygens (including phenoxy) is 2. The Labute approximate surface area is 125 Å². The predicted octanol–water partition coefficient (Wildman–Crippen LogP) is 1.62. The van der Waals surface area contributed by atoms with Crippen molar-refractivity contribution in [2.45, 2.75) is 0 Å². The van der Waals surface area contributed by atoms with Crippen LogP contribution in [0, 0.1) is 0 Å². The molecule has 8 heteroatoms. The van der Waals surface area contributed by atoms with Gasteiger partial charge >= 0.3 is 0 Å². The van der Waals surface area contributed by atoms with Gasteiger partial charge in [-0.25, -0.2) is 15.0 Å². The highest BCUT2D eigenvalue weighted by atomic mass is 16.5. The highest BCUT2D eigenvalue weighted by molar-refractivity contribution is 6.10. The second-order valence-electron chi connectivity index (χ2n) is 4.32. The van der Waals surface area contributed by atoms with Crippen molar-refractivity contribution in [3.63, 3.8) is 0 Å². The van der Waals surface area contributed by atoms with Crippen LogP contribution in [-0.2, 0) is 0 Å². The second kappa shape index (κ2) is 5.68. The van der Waals surface area contributed by atoms with Crippen molar-refractivity contribution in [1.82, 2.24) is 19.9 Å². The van der Waals surface area contributed by atoms with Crippen LogP contribution in [0.1, 0.15) is 10.4 Å². The van der Waals surface area contributed by atoms with Crippen LogP contribution in [0.2, 0.25) is 0 Å². The average Bonchev–Trinajstić information content (AvgIpc) is 3.03. The van der Waals surface area contributed by atoms with Crippen molar-refractivity contribution in [3.8, 4) is 11.5 Å². The molecule has 0 bridgehead atoms. The molecule has 112 valence electrons. The first-order valence-corrected chi connectivity index (χ1v) is 6.41. The SMILES string of the molecule is COc1cccc(OC)c1C(=O)Nc1ncnc2nc[nH]c12. The molecule has 0 fully saturated rings. The number of carbonyl (C=O) groups is 1. The summed E-state index contributed by atoms with van der Waals surface area (Å²) in [5, 5.41) is 2.72. The summed E-state index contributed by atoms with van der Waals surface area (Å²) >= 11 is 0. The lowest BCUT2D eigenvalue weighted by Crippen LogP contribution is -2.16. The van der Waals surface area contributed by atoms with Crippen molar-refractivity contribution >= 4 is 22.9 Å². The Bertz CT molecular complexity index is 808. The Balaban J connectivity index is 2.00. The number of H-pyrrole nitrogens is 1. The molecule has 0 saturated heterocycles. The molecule has 0 spiro atoms. The number of fused-ring (bicyclic) bond motifs is 1. The van der Waals surface area contributed by atoms with Gasteiger partial charge in [-0.1, -0.05) is 6.07 Å². The number of benzene rings is 1. The number of imidazole rings is 1. The quantitative estimate of drug-likeness (QED) is 0.759. The standard InChI is InChI=1S/C14H13N5O3/c1-21-8-4-3-5-9(22-2)10(8)14(20)19-13-11-12(16-6-15-11)17-7-18-13/h3-7H,1-2H3,(H2,15,16,17,18,19,20). The monoisotopic (exact) mass is 299 g/mol. The highest BCUT2D eigenvalue weighted by Crippen LogP contribution is 2.29. The van der Waals surface area contributed by atoms with Crippen molar-refractivity contribution in [3.05, 3.63) is 36.4 Å². The van der Waals surface area contributed by atoms with E-state index in [0.717, 1.165) is 0 Å². The van der Waals surface area contributed by atoms with E-state index < -0.39 is 5.91 Å². The molecular formula is C14H13N5O3. The van der Waals surface area contributed by atoms with Gasteiger partial charge in [-0.05, 0) is 12.1 Å². The van der Waals surface area contributed by atoms with Gasteiger partial charge in [-0.3, -0.25) is 4.79 Å². The van der Waals surface area contributed by atoms with Crippen LogP contribution >= 0.6 is 0 Å². The van der Waals surface area contributed by atoms with Crippen molar-refractivity contribution < 1.29 is 14.3 Å². The Hall–Kier alpha value is -3.16. The summed E-state index contributed by atoms with van der Waals surface area (Å²) in [5.74, 6) is 0.753. The number of anilines is 1. The minimum Gasteiger partial charge on any atom is -0.496 e. The van der Waals surface area contributed by atoms with Crippen LogP contribution in [0.5, 0.6) is 11.5 Å². The van der Waals surface area contributed by atoms with E-state index in [-0.39, 0.29) is 0 Å². The van der Waals surface area contributed by atoms with Crippen LogP contribution < -0.4 is 14.8 Å². The maximum absolute atomic E-state index is 12.6. The van der Waals surface area contributed by atoms with Gasteiger partial charge in [0.05, 0.1) is 20.5 Å². The number of hydrogen-bond acceptors (Lipinski definition) is 6. The molecule has 0 aliphatic rings. The minimum atomic E-state index is -0.399. The normalized spacial score (nSPS) is 10.5. The highest BCUT2D eigenvalue weighted by Gasteiger charge is 2.20. The summed E-state index contributed by atoms with van der Waals surface area (Å²) in [6, 6.07) is 5.11. The minimum absolute atomic E-state index is 0.291. The van der Waals surface area contributed by atoms with E-state index in [1.54, 1.807) is 18.2 Å². The molecule has 0 atom stereocenters. The number of aromatic amines is 1. The molecule has 8 nitrogen and oxygen atoms in total. The first kappa shape index (κ1) is 13.8. The molecule has 0 aliphatic heterocycles. The first-order chi connectivity index (χ1) is 10.7. The third-order valence-corrected chi connectivity index (χ3v) is 3.11. The van der Waals surface area contributed by atoms with E-state index in [2.05, 4.69) is 25.3 Å². The molecule has 2 heterocycles. The van der Waals surface area contributed by atoms with E-state index in [0.29, 0.717) is 34.0 Å². The Morgan fingerprint density at radius 3 is 2.55 bits per heavy atom. The summed E-state index contributed by atoms with van der Waals surface area (Å²) in [4.78, 5) is 27.5. The van der Waals surface area contributed by atoms with Gasteiger partial charge < -0.3 is 19.8 Å². The molecule has 1 amide bonds. The molecular weight excluding hydrogens is 286 g/mol. The molecule has 3 rings (SSSR count). The molecule has 0 saturated carbocycles. The zero-order chi connectivity index (χ0) is 15.5. The van der Waals surface area contributed by atoms with Crippen LogP contribution in [0.25, 0.3) is 11.2 Å². The summed E-state index contributed by atoms with van der Waals surface area (Å²) in [5.41, 5.74) is 1.31. The van der Waals surface area contributed by atoms with E-state index in [4.69, 9.17) is 9.47 Å². The fourth-order valence-electron chi connectivity index (χ4n) is 2.10. The van der Waals surface area contributed by atoms with Gasteiger partial charge in [0.25, 0.3) is 5.91 Å². The maximum Gasteiger partial charge on any atom is 0.264 e. The Morgan fingerprint density at radius 2 is 1.86 bits per heavy atom. The fourth-order valence-corrected chi connectivity index (χ4v) is 2.10. The van der Waals surface area contributed by atoms with Crippen LogP contribution in [0.15, 0.2) is 30.9 Å². The number of methoxy groups -OCH3 is 2.